The van der Waals surface area contributed by atoms with E-state index in [1.807, 2.05) is 13.0 Å². The Labute approximate surface area is 179 Å². The molecule has 6 nitrogen and oxygen atoms in total. The minimum absolute atomic E-state index is 0.0716. The summed E-state index contributed by atoms with van der Waals surface area (Å²) < 4.78 is 16.6. The summed E-state index contributed by atoms with van der Waals surface area (Å²) >= 11 is 0. The molecule has 0 bridgehead atoms. The van der Waals surface area contributed by atoms with Crippen LogP contribution < -0.4 is 0 Å². The number of fused-ring (bicyclic) bond motifs is 1. The number of carbonyl (C=O) groups is 2. The third kappa shape index (κ3) is 4.54. The lowest BCUT2D eigenvalue weighted by molar-refractivity contribution is -0.164. The first-order valence-electron chi connectivity index (χ1n) is 11.0. The lowest BCUT2D eigenvalue weighted by Gasteiger charge is -2.43. The lowest BCUT2D eigenvalue weighted by atomic mass is 9.59. The number of carbonyl (C=O) groups excluding carboxylic acids is 2. The number of allylic oxidation sites excluding steroid dienone is 3. The molecule has 3 aliphatic rings. The average Bonchev–Trinajstić information content (AvgIpc) is 2.75. The van der Waals surface area contributed by atoms with Crippen LogP contribution in [-0.2, 0) is 23.8 Å². The molecule has 3 rings (SSSR count). The molecule has 0 aromatic rings. The zero-order valence-electron chi connectivity index (χ0n) is 18.3. The maximum atomic E-state index is 12.9. The Morgan fingerprint density at radius 3 is 2.87 bits per heavy atom. The maximum Gasteiger partial charge on any atom is 0.320 e. The normalized spacial score (nSPS) is 30.0. The van der Waals surface area contributed by atoms with Crippen molar-refractivity contribution >= 4 is 11.8 Å². The fourth-order valence-electron chi connectivity index (χ4n) is 4.88. The van der Waals surface area contributed by atoms with E-state index in [1.165, 1.54) is 13.2 Å². The Hall–Kier alpha value is -1.92. The van der Waals surface area contributed by atoms with Gasteiger partial charge in [0.05, 0.1) is 7.11 Å². The van der Waals surface area contributed by atoms with Crippen LogP contribution in [0.4, 0.5) is 0 Å². The summed E-state index contributed by atoms with van der Waals surface area (Å²) in [5, 5.41) is 10.4. The quantitative estimate of drug-likeness (QED) is 0.464. The molecular weight excluding hydrogens is 384 g/mol. The van der Waals surface area contributed by atoms with Crippen LogP contribution in [0.15, 0.2) is 35.1 Å². The summed E-state index contributed by atoms with van der Waals surface area (Å²) in [5.41, 5.74) is 0.454. The van der Waals surface area contributed by atoms with Gasteiger partial charge in [-0.15, -0.1) is 0 Å². The van der Waals surface area contributed by atoms with Crippen LogP contribution in [0.2, 0.25) is 0 Å². The molecule has 0 aromatic heterocycles. The van der Waals surface area contributed by atoms with E-state index in [9.17, 15) is 14.7 Å². The van der Waals surface area contributed by atoms with Crippen LogP contribution in [-0.4, -0.2) is 43.5 Å². The molecule has 6 heteroatoms. The van der Waals surface area contributed by atoms with Crippen LogP contribution >= 0.6 is 0 Å². The van der Waals surface area contributed by atoms with E-state index in [1.54, 1.807) is 6.08 Å². The molecule has 4 atom stereocenters. The molecule has 4 unspecified atom stereocenters. The highest BCUT2D eigenvalue weighted by molar-refractivity contribution is 6.06. The third-order valence-electron chi connectivity index (χ3n) is 6.77. The molecule has 0 radical (unpaired) electrons. The SMILES string of the molecule is COC(=O)C12C=CC(=O)C(O)=C1CC=C(C)C2CCC(C)CCOC1CCCCO1. The minimum Gasteiger partial charge on any atom is -0.504 e. The van der Waals surface area contributed by atoms with Crippen LogP contribution in [0.3, 0.4) is 0 Å². The molecule has 1 aliphatic heterocycles. The molecule has 1 saturated heterocycles. The van der Waals surface area contributed by atoms with Crippen molar-refractivity contribution in [1.82, 2.24) is 0 Å². The number of ether oxygens (including phenoxy) is 3. The predicted molar refractivity (Wildman–Crippen MR) is 113 cm³/mol. The first-order valence-corrected chi connectivity index (χ1v) is 11.0. The molecule has 1 N–H and O–H groups in total. The molecule has 2 aliphatic carbocycles. The summed E-state index contributed by atoms with van der Waals surface area (Å²) in [6.45, 7) is 5.64. The molecule has 0 amide bonds. The monoisotopic (exact) mass is 418 g/mol. The van der Waals surface area contributed by atoms with Gasteiger partial charge < -0.3 is 19.3 Å². The van der Waals surface area contributed by atoms with Crippen molar-refractivity contribution in [3.63, 3.8) is 0 Å². The average molecular weight is 419 g/mol. The van der Waals surface area contributed by atoms with E-state index in [-0.39, 0.29) is 18.0 Å². The van der Waals surface area contributed by atoms with Gasteiger partial charge in [0.15, 0.2) is 12.0 Å². The predicted octanol–water partition coefficient (Wildman–Crippen LogP) is 4.41. The van der Waals surface area contributed by atoms with Crippen molar-refractivity contribution in [3.05, 3.63) is 35.1 Å². The van der Waals surface area contributed by atoms with Crippen molar-refractivity contribution in [2.45, 2.75) is 65.1 Å². The summed E-state index contributed by atoms with van der Waals surface area (Å²) in [4.78, 5) is 24.9. The van der Waals surface area contributed by atoms with E-state index in [2.05, 4.69) is 6.92 Å². The molecule has 0 aromatic carbocycles. The van der Waals surface area contributed by atoms with Gasteiger partial charge in [-0.2, -0.15) is 0 Å². The third-order valence-corrected chi connectivity index (χ3v) is 6.77. The van der Waals surface area contributed by atoms with Gasteiger partial charge in [-0.25, -0.2) is 0 Å². The molecule has 1 fully saturated rings. The fraction of sp³-hybridized carbons (Fsp3) is 0.667. The number of aliphatic hydroxyl groups is 1. The maximum absolute atomic E-state index is 12.9. The second-order valence-electron chi connectivity index (χ2n) is 8.73. The van der Waals surface area contributed by atoms with Crippen molar-refractivity contribution in [2.24, 2.45) is 17.3 Å². The fourth-order valence-corrected chi connectivity index (χ4v) is 4.88. The second kappa shape index (κ2) is 9.92. The number of aliphatic hydroxyl groups excluding tert-OH is 1. The number of ketones is 1. The number of rotatable bonds is 8. The van der Waals surface area contributed by atoms with Crippen molar-refractivity contribution in [2.75, 3.05) is 20.3 Å². The van der Waals surface area contributed by atoms with Gasteiger partial charge in [0, 0.05) is 24.7 Å². The zero-order valence-corrected chi connectivity index (χ0v) is 18.3. The van der Waals surface area contributed by atoms with Gasteiger partial charge >= 0.3 is 5.97 Å². The Morgan fingerprint density at radius 2 is 2.17 bits per heavy atom. The lowest BCUT2D eigenvalue weighted by Crippen LogP contribution is -2.45. The summed E-state index contributed by atoms with van der Waals surface area (Å²) in [7, 11) is 1.36. The minimum atomic E-state index is -1.10. The number of hydrogen-bond acceptors (Lipinski definition) is 6. The van der Waals surface area contributed by atoms with Crippen LogP contribution in [0.25, 0.3) is 0 Å². The highest BCUT2D eigenvalue weighted by atomic mass is 16.7. The van der Waals surface area contributed by atoms with Crippen molar-refractivity contribution < 1.29 is 28.9 Å². The Kier molecular flexibility index (Phi) is 7.53. The highest BCUT2D eigenvalue weighted by Crippen LogP contribution is 2.52. The van der Waals surface area contributed by atoms with E-state index in [4.69, 9.17) is 14.2 Å². The molecule has 0 saturated carbocycles. The molecular formula is C24H34O6. The van der Waals surface area contributed by atoms with Gasteiger partial charge in [0.2, 0.25) is 5.78 Å². The topological polar surface area (TPSA) is 82.1 Å². The molecule has 166 valence electrons. The molecule has 1 heterocycles. The van der Waals surface area contributed by atoms with Gasteiger partial charge in [-0.1, -0.05) is 24.6 Å². The summed E-state index contributed by atoms with van der Waals surface area (Å²) in [6.07, 6.45) is 11.1. The van der Waals surface area contributed by atoms with Crippen LogP contribution in [0.5, 0.6) is 0 Å². The second-order valence-corrected chi connectivity index (χ2v) is 8.73. The Morgan fingerprint density at radius 1 is 1.37 bits per heavy atom. The smallest absolute Gasteiger partial charge is 0.320 e. The van der Waals surface area contributed by atoms with Gasteiger partial charge in [0.1, 0.15) is 5.41 Å². The van der Waals surface area contributed by atoms with Crippen molar-refractivity contribution in [1.29, 1.82) is 0 Å². The number of esters is 1. The Balaban J connectivity index is 1.66. The van der Waals surface area contributed by atoms with E-state index >= 15 is 0 Å². The standard InChI is InChI=1S/C24H34O6/c1-16(12-15-30-21-6-4-5-14-29-21)7-9-18-17(2)8-10-19-22(26)20(25)11-13-24(18,19)23(27)28-3/h8,11,13,16,18,21,26H,4-7,9-10,12,14-15H2,1-3H3. The van der Waals surface area contributed by atoms with E-state index in [0.29, 0.717) is 24.5 Å². The van der Waals surface area contributed by atoms with Gasteiger partial charge in [0.25, 0.3) is 0 Å². The highest BCUT2D eigenvalue weighted by Gasteiger charge is 2.53. The summed E-state index contributed by atoms with van der Waals surface area (Å²) in [5.74, 6) is -0.925. The Bertz CT molecular complexity index is 743. The molecule has 30 heavy (non-hydrogen) atoms. The summed E-state index contributed by atoms with van der Waals surface area (Å²) in [6, 6.07) is 0. The van der Waals surface area contributed by atoms with E-state index in [0.717, 1.165) is 50.7 Å². The number of hydrogen-bond donors (Lipinski definition) is 1. The first kappa shape index (κ1) is 22.8. The van der Waals surface area contributed by atoms with Crippen LogP contribution in [0, 0.1) is 17.3 Å². The first-order chi connectivity index (χ1) is 14.4. The van der Waals surface area contributed by atoms with Crippen LogP contribution in [0.1, 0.15) is 58.8 Å². The van der Waals surface area contributed by atoms with E-state index < -0.39 is 17.2 Å². The molecule has 0 spiro atoms. The van der Waals surface area contributed by atoms with Crippen molar-refractivity contribution in [3.8, 4) is 0 Å². The van der Waals surface area contributed by atoms with Gasteiger partial charge in [-0.05, 0) is 63.9 Å². The number of methoxy groups -OCH3 is 1. The van der Waals surface area contributed by atoms with Gasteiger partial charge in [-0.3, -0.25) is 9.59 Å². The largest absolute Gasteiger partial charge is 0.504 e. The zero-order chi connectivity index (χ0) is 21.7.